The molecular formula is C18H16N6O2S. The lowest BCUT2D eigenvalue weighted by Crippen LogP contribution is -2.14. The van der Waals surface area contributed by atoms with Crippen molar-refractivity contribution < 1.29 is 9.90 Å². The van der Waals surface area contributed by atoms with E-state index in [0.717, 1.165) is 5.69 Å². The monoisotopic (exact) mass is 380 g/mol. The van der Waals surface area contributed by atoms with E-state index in [4.69, 9.17) is 5.73 Å². The largest absolute Gasteiger partial charge is 0.478 e. The number of aromatic nitrogens is 5. The number of pyridine rings is 2. The van der Waals surface area contributed by atoms with Crippen molar-refractivity contribution in [2.24, 2.45) is 0 Å². The van der Waals surface area contributed by atoms with Crippen LogP contribution in [0.5, 0.6) is 0 Å². The van der Waals surface area contributed by atoms with Gasteiger partial charge in [0.15, 0.2) is 10.7 Å². The van der Waals surface area contributed by atoms with Crippen LogP contribution in [-0.2, 0) is 12.8 Å². The summed E-state index contributed by atoms with van der Waals surface area (Å²) in [7, 11) is 0. The maximum absolute atomic E-state index is 11.9. The van der Waals surface area contributed by atoms with Crippen LogP contribution in [0.25, 0.3) is 16.5 Å². The van der Waals surface area contributed by atoms with Crippen LogP contribution in [0.2, 0.25) is 0 Å². The first-order valence-electron chi connectivity index (χ1n) is 8.27. The van der Waals surface area contributed by atoms with Crippen molar-refractivity contribution in [3.63, 3.8) is 0 Å². The average Bonchev–Trinajstić information content (AvgIpc) is 3.33. The summed E-state index contributed by atoms with van der Waals surface area (Å²) in [6.45, 7) is 1.69. The first kappa shape index (κ1) is 17.1. The molecule has 0 unspecified atom stereocenters. The Morgan fingerprint density at radius 2 is 2.11 bits per heavy atom. The number of hydrogen-bond acceptors (Lipinski definition) is 7. The van der Waals surface area contributed by atoms with Crippen LogP contribution in [0.1, 0.15) is 27.2 Å². The van der Waals surface area contributed by atoms with Gasteiger partial charge in [0.25, 0.3) is 0 Å². The van der Waals surface area contributed by atoms with Crippen LogP contribution in [-0.4, -0.2) is 35.6 Å². The molecule has 0 spiro atoms. The molecule has 0 saturated heterocycles. The topological polar surface area (TPSA) is 119 Å². The van der Waals surface area contributed by atoms with Gasteiger partial charge in [-0.05, 0) is 31.9 Å². The predicted molar refractivity (Wildman–Crippen MR) is 102 cm³/mol. The molecule has 0 aromatic carbocycles. The lowest BCUT2D eigenvalue weighted by Gasteiger charge is -2.13. The van der Waals surface area contributed by atoms with Crippen molar-refractivity contribution in [3.05, 3.63) is 58.4 Å². The van der Waals surface area contributed by atoms with Gasteiger partial charge < -0.3 is 10.8 Å². The number of fused-ring (bicyclic) bond motifs is 1. The van der Waals surface area contributed by atoms with E-state index in [1.165, 1.54) is 15.9 Å². The minimum Gasteiger partial charge on any atom is -0.478 e. The third-order valence-electron chi connectivity index (χ3n) is 4.36. The summed E-state index contributed by atoms with van der Waals surface area (Å²) < 4.78 is 1.51. The summed E-state index contributed by atoms with van der Waals surface area (Å²) in [5.74, 6) is -0.339. The van der Waals surface area contributed by atoms with Gasteiger partial charge in [0, 0.05) is 34.6 Å². The minimum atomic E-state index is -1.03. The number of nitrogen functional groups attached to an aromatic ring is 1. The summed E-state index contributed by atoms with van der Waals surface area (Å²) in [5.41, 5.74) is 8.73. The van der Waals surface area contributed by atoms with Crippen LogP contribution < -0.4 is 5.73 Å². The molecule has 4 aromatic rings. The van der Waals surface area contributed by atoms with Gasteiger partial charge in [0.05, 0.1) is 5.56 Å². The fraction of sp³-hybridized carbons (Fsp3) is 0.167. The molecule has 4 rings (SSSR count). The number of carbonyl (C=O) groups is 1. The fourth-order valence-corrected chi connectivity index (χ4v) is 3.61. The fourth-order valence-electron chi connectivity index (χ4n) is 3.05. The normalized spacial score (nSPS) is 11.1. The smallest absolute Gasteiger partial charge is 0.336 e. The Hall–Kier alpha value is -3.33. The van der Waals surface area contributed by atoms with E-state index in [9.17, 15) is 9.90 Å². The number of nitrogens with two attached hydrogens (primary N) is 1. The number of anilines is 1. The third-order valence-corrected chi connectivity index (χ3v) is 5.13. The summed E-state index contributed by atoms with van der Waals surface area (Å²) in [5, 5.41) is 16.7. The second kappa shape index (κ2) is 6.76. The highest BCUT2D eigenvalue weighted by atomic mass is 32.1. The number of nitrogens with zero attached hydrogens (tertiary/aromatic N) is 5. The highest BCUT2D eigenvalue weighted by molar-refractivity contribution is 7.13. The number of hydrogen-bond donors (Lipinski definition) is 2. The zero-order valence-corrected chi connectivity index (χ0v) is 15.3. The van der Waals surface area contributed by atoms with E-state index in [-0.39, 0.29) is 11.4 Å². The molecule has 4 heterocycles. The van der Waals surface area contributed by atoms with Crippen molar-refractivity contribution in [3.8, 4) is 10.8 Å². The van der Waals surface area contributed by atoms with E-state index in [1.54, 1.807) is 19.3 Å². The number of carboxylic acids is 1. The minimum absolute atomic E-state index is 0.175. The van der Waals surface area contributed by atoms with Gasteiger partial charge in [-0.25, -0.2) is 14.8 Å². The maximum Gasteiger partial charge on any atom is 0.336 e. The molecule has 0 aliphatic carbocycles. The van der Waals surface area contributed by atoms with Gasteiger partial charge in [0.1, 0.15) is 5.82 Å². The standard InChI is InChI=1S/C18H16N6O2S/c1-10-13(18(25)26)12(6-5-11-4-2-3-7-20-11)16-22-15(17-21-8-9-27-17)23-24(16)14(10)19/h2-4,7-9H,5-6,19H2,1H3,(H,25,26). The Labute approximate surface area is 158 Å². The molecule has 0 radical (unpaired) electrons. The molecule has 0 bridgehead atoms. The number of rotatable bonds is 5. The number of carboxylic acid groups (broad SMARTS) is 1. The second-order valence-electron chi connectivity index (χ2n) is 6.00. The molecular weight excluding hydrogens is 364 g/mol. The van der Waals surface area contributed by atoms with Gasteiger partial charge in [-0.15, -0.1) is 16.4 Å². The Bertz CT molecular complexity index is 1120. The number of thiazole rings is 1. The molecule has 0 saturated carbocycles. The average molecular weight is 380 g/mol. The number of aromatic carboxylic acids is 1. The molecule has 9 heteroatoms. The van der Waals surface area contributed by atoms with E-state index in [1.807, 2.05) is 23.6 Å². The molecule has 0 aliphatic heterocycles. The molecule has 0 amide bonds. The SMILES string of the molecule is Cc1c(C(=O)O)c(CCc2ccccn2)c2nc(-c3nccs3)nn2c1N. The van der Waals surface area contributed by atoms with E-state index in [0.29, 0.717) is 40.4 Å². The Balaban J connectivity index is 1.89. The molecule has 0 atom stereocenters. The predicted octanol–water partition coefficient (Wildman–Crippen LogP) is 2.62. The van der Waals surface area contributed by atoms with Gasteiger partial charge in [-0.1, -0.05) is 6.07 Å². The van der Waals surface area contributed by atoms with Crippen molar-refractivity contribution in [2.45, 2.75) is 19.8 Å². The molecule has 0 fully saturated rings. The summed E-state index contributed by atoms with van der Waals surface area (Å²) in [6.07, 6.45) is 4.43. The summed E-state index contributed by atoms with van der Waals surface area (Å²) in [4.78, 5) is 25.0. The second-order valence-corrected chi connectivity index (χ2v) is 6.89. The maximum atomic E-state index is 11.9. The van der Waals surface area contributed by atoms with Crippen LogP contribution in [0.15, 0.2) is 36.0 Å². The van der Waals surface area contributed by atoms with Crippen LogP contribution in [0.4, 0.5) is 5.82 Å². The molecule has 27 heavy (non-hydrogen) atoms. The van der Waals surface area contributed by atoms with Crippen molar-refractivity contribution in [1.82, 2.24) is 24.6 Å². The van der Waals surface area contributed by atoms with Gasteiger partial charge >= 0.3 is 5.97 Å². The van der Waals surface area contributed by atoms with Gasteiger partial charge in [-0.2, -0.15) is 4.52 Å². The molecule has 4 aromatic heterocycles. The highest BCUT2D eigenvalue weighted by Gasteiger charge is 2.24. The molecule has 0 aliphatic rings. The first-order valence-corrected chi connectivity index (χ1v) is 9.15. The van der Waals surface area contributed by atoms with E-state index < -0.39 is 5.97 Å². The van der Waals surface area contributed by atoms with Gasteiger partial charge in [-0.3, -0.25) is 4.98 Å². The Morgan fingerprint density at radius 1 is 1.26 bits per heavy atom. The first-order chi connectivity index (χ1) is 13.1. The third kappa shape index (κ3) is 3.02. The molecule has 136 valence electrons. The quantitative estimate of drug-likeness (QED) is 0.546. The van der Waals surface area contributed by atoms with Gasteiger partial charge in [0.2, 0.25) is 5.82 Å². The number of aryl methyl sites for hydroxylation is 2. The van der Waals surface area contributed by atoms with Crippen LogP contribution in [0.3, 0.4) is 0 Å². The molecule has 8 nitrogen and oxygen atoms in total. The lowest BCUT2D eigenvalue weighted by molar-refractivity contribution is 0.0695. The summed E-state index contributed by atoms with van der Waals surface area (Å²) >= 11 is 1.41. The Kier molecular flexibility index (Phi) is 4.28. The van der Waals surface area contributed by atoms with Crippen molar-refractivity contribution in [2.75, 3.05) is 5.73 Å². The van der Waals surface area contributed by atoms with E-state index >= 15 is 0 Å². The van der Waals surface area contributed by atoms with Crippen LogP contribution >= 0.6 is 11.3 Å². The lowest BCUT2D eigenvalue weighted by atomic mass is 9.99. The zero-order valence-electron chi connectivity index (χ0n) is 14.5. The Morgan fingerprint density at radius 3 is 2.78 bits per heavy atom. The van der Waals surface area contributed by atoms with Crippen molar-refractivity contribution >= 4 is 28.8 Å². The van der Waals surface area contributed by atoms with E-state index in [2.05, 4.69) is 20.1 Å². The molecule has 3 N–H and O–H groups in total. The zero-order chi connectivity index (χ0) is 19.0. The van der Waals surface area contributed by atoms with Crippen LogP contribution in [0, 0.1) is 6.92 Å². The van der Waals surface area contributed by atoms with Crippen molar-refractivity contribution in [1.29, 1.82) is 0 Å². The highest BCUT2D eigenvalue weighted by Crippen LogP contribution is 2.28. The summed E-state index contributed by atoms with van der Waals surface area (Å²) in [6, 6.07) is 5.66.